The van der Waals surface area contributed by atoms with Gasteiger partial charge in [-0.05, 0) is 23.6 Å². The Morgan fingerprint density at radius 3 is 2.47 bits per heavy atom. The highest BCUT2D eigenvalue weighted by molar-refractivity contribution is 6.02. The first-order valence-corrected chi connectivity index (χ1v) is 9.43. The molecule has 7 nitrogen and oxygen atoms in total. The molecule has 7 heteroatoms. The minimum absolute atomic E-state index is 0.0531. The number of para-hydroxylation sites is 1. The number of anilines is 1. The average molecular weight is 406 g/mol. The number of esters is 1. The second-order valence-electron chi connectivity index (χ2n) is 6.44. The van der Waals surface area contributed by atoms with Crippen molar-refractivity contribution < 1.29 is 23.9 Å². The predicted molar refractivity (Wildman–Crippen MR) is 113 cm³/mol. The van der Waals surface area contributed by atoms with Gasteiger partial charge in [0.25, 0.3) is 11.8 Å². The molecule has 2 N–H and O–H groups in total. The van der Waals surface area contributed by atoms with Gasteiger partial charge in [-0.1, -0.05) is 48.5 Å². The first kappa shape index (κ1) is 20.9. The molecule has 0 atom stereocenters. The highest BCUT2D eigenvalue weighted by Gasteiger charge is 2.13. The van der Waals surface area contributed by atoms with Crippen LogP contribution in [0.4, 0.5) is 5.69 Å². The maximum Gasteiger partial charge on any atom is 0.308 e. The molecular weight excluding hydrogens is 384 g/mol. The molecule has 3 aromatic rings. The number of carbonyl (C=O) groups excluding carboxylic acids is 3. The first-order valence-electron chi connectivity index (χ1n) is 9.43. The molecule has 0 spiro atoms. The van der Waals surface area contributed by atoms with Gasteiger partial charge < -0.3 is 20.1 Å². The van der Waals surface area contributed by atoms with Crippen molar-refractivity contribution in [2.45, 2.75) is 6.42 Å². The molecule has 154 valence electrons. The number of hydrogen-bond donors (Lipinski definition) is 2. The molecule has 0 bridgehead atoms. The van der Waals surface area contributed by atoms with Gasteiger partial charge in [0.1, 0.15) is 5.75 Å². The zero-order chi connectivity index (χ0) is 21.3. The van der Waals surface area contributed by atoms with Gasteiger partial charge in [0, 0.05) is 17.6 Å². The summed E-state index contributed by atoms with van der Waals surface area (Å²) >= 11 is 0. The van der Waals surface area contributed by atoms with Crippen LogP contribution in [-0.4, -0.2) is 38.0 Å². The maximum absolute atomic E-state index is 12.2. The van der Waals surface area contributed by atoms with E-state index >= 15 is 0 Å². The third kappa shape index (κ3) is 5.35. The number of amides is 2. The summed E-state index contributed by atoms with van der Waals surface area (Å²) in [6.07, 6.45) is -0.0531. The number of benzene rings is 3. The number of nitrogens with one attached hydrogen (secondary N) is 2. The molecule has 0 aliphatic heterocycles. The Morgan fingerprint density at radius 1 is 0.900 bits per heavy atom. The molecule has 0 radical (unpaired) electrons. The van der Waals surface area contributed by atoms with Crippen molar-refractivity contribution in [2.75, 3.05) is 25.6 Å². The summed E-state index contributed by atoms with van der Waals surface area (Å²) in [6.45, 7) is -0.316. The number of fused-ring (bicyclic) bond motifs is 1. The molecule has 0 aromatic heterocycles. The topological polar surface area (TPSA) is 93.7 Å². The summed E-state index contributed by atoms with van der Waals surface area (Å²) in [7, 11) is 1.48. The lowest BCUT2D eigenvalue weighted by molar-refractivity contribution is -0.147. The van der Waals surface area contributed by atoms with E-state index in [0.29, 0.717) is 17.0 Å². The van der Waals surface area contributed by atoms with E-state index < -0.39 is 18.5 Å². The minimum Gasteiger partial charge on any atom is -0.496 e. The largest absolute Gasteiger partial charge is 0.496 e. The highest BCUT2D eigenvalue weighted by atomic mass is 16.5. The smallest absolute Gasteiger partial charge is 0.308 e. The van der Waals surface area contributed by atoms with Crippen LogP contribution < -0.4 is 15.4 Å². The molecule has 0 saturated heterocycles. The summed E-state index contributed by atoms with van der Waals surface area (Å²) in [4.78, 5) is 36.2. The third-order valence-corrected chi connectivity index (χ3v) is 4.39. The van der Waals surface area contributed by atoms with Crippen LogP contribution in [0.5, 0.6) is 5.75 Å². The summed E-state index contributed by atoms with van der Waals surface area (Å²) < 4.78 is 10.1. The van der Waals surface area contributed by atoms with Crippen molar-refractivity contribution in [2.24, 2.45) is 0 Å². The standard InChI is InChI=1S/C23H22N2O5/c1-29-20-12-5-4-10-18(20)23(28)24-14-13-22(27)30-15-21(26)25-19-11-6-8-16-7-2-3-9-17(16)19/h2-12H,13-15H2,1H3,(H,24,28)(H,25,26). The normalized spacial score (nSPS) is 10.3. The van der Waals surface area contributed by atoms with Gasteiger partial charge in [-0.15, -0.1) is 0 Å². The second-order valence-corrected chi connectivity index (χ2v) is 6.44. The lowest BCUT2D eigenvalue weighted by atomic mass is 10.1. The van der Waals surface area contributed by atoms with Crippen molar-refractivity contribution in [1.82, 2.24) is 5.32 Å². The summed E-state index contributed by atoms with van der Waals surface area (Å²) in [6, 6.07) is 20.0. The lowest BCUT2D eigenvalue weighted by Gasteiger charge is -2.10. The number of carbonyl (C=O) groups is 3. The first-order chi connectivity index (χ1) is 14.6. The molecule has 0 unspecified atom stereocenters. The Bertz CT molecular complexity index is 1060. The van der Waals surface area contributed by atoms with Crippen LogP contribution in [0, 0.1) is 0 Å². The van der Waals surface area contributed by atoms with E-state index in [-0.39, 0.29) is 18.9 Å². The number of ether oxygens (including phenoxy) is 2. The SMILES string of the molecule is COc1ccccc1C(=O)NCCC(=O)OCC(=O)Nc1cccc2ccccc12. The number of methoxy groups -OCH3 is 1. The fourth-order valence-electron chi connectivity index (χ4n) is 2.94. The average Bonchev–Trinajstić information content (AvgIpc) is 2.78. The third-order valence-electron chi connectivity index (χ3n) is 4.39. The molecule has 0 heterocycles. The van der Waals surface area contributed by atoms with E-state index in [1.165, 1.54) is 7.11 Å². The molecule has 0 aliphatic carbocycles. The molecular formula is C23H22N2O5. The Labute approximate surface area is 174 Å². The maximum atomic E-state index is 12.2. The van der Waals surface area contributed by atoms with Crippen LogP contribution in [0.25, 0.3) is 10.8 Å². The van der Waals surface area contributed by atoms with Crippen molar-refractivity contribution in [3.8, 4) is 5.75 Å². The van der Waals surface area contributed by atoms with E-state index in [1.54, 1.807) is 30.3 Å². The van der Waals surface area contributed by atoms with Gasteiger partial charge in [-0.25, -0.2) is 0 Å². The van der Waals surface area contributed by atoms with E-state index in [0.717, 1.165) is 10.8 Å². The van der Waals surface area contributed by atoms with Crippen LogP contribution in [0.2, 0.25) is 0 Å². The summed E-state index contributed by atoms with van der Waals surface area (Å²) in [5.74, 6) is -0.919. The Morgan fingerprint density at radius 2 is 1.63 bits per heavy atom. The van der Waals surface area contributed by atoms with Gasteiger partial charge in [0.05, 0.1) is 19.1 Å². The summed E-state index contributed by atoms with van der Waals surface area (Å²) in [5.41, 5.74) is 1.03. The van der Waals surface area contributed by atoms with Gasteiger partial charge in [-0.2, -0.15) is 0 Å². The van der Waals surface area contributed by atoms with Gasteiger partial charge in [0.2, 0.25) is 0 Å². The molecule has 0 fully saturated rings. The molecule has 2 amide bonds. The highest BCUT2D eigenvalue weighted by Crippen LogP contribution is 2.22. The van der Waals surface area contributed by atoms with Crippen molar-refractivity contribution in [1.29, 1.82) is 0 Å². The van der Waals surface area contributed by atoms with Crippen LogP contribution >= 0.6 is 0 Å². The van der Waals surface area contributed by atoms with E-state index in [4.69, 9.17) is 9.47 Å². The quantitative estimate of drug-likeness (QED) is 0.561. The molecule has 30 heavy (non-hydrogen) atoms. The molecule has 0 saturated carbocycles. The van der Waals surface area contributed by atoms with Gasteiger partial charge in [-0.3, -0.25) is 14.4 Å². The van der Waals surface area contributed by atoms with Gasteiger partial charge >= 0.3 is 5.97 Å². The van der Waals surface area contributed by atoms with Crippen LogP contribution in [0.15, 0.2) is 66.7 Å². The number of hydrogen-bond acceptors (Lipinski definition) is 5. The lowest BCUT2D eigenvalue weighted by Crippen LogP contribution is -2.28. The zero-order valence-corrected chi connectivity index (χ0v) is 16.5. The second kappa shape index (κ2) is 10.1. The zero-order valence-electron chi connectivity index (χ0n) is 16.5. The summed E-state index contributed by atoms with van der Waals surface area (Å²) in [5, 5.41) is 7.28. The Hall–Kier alpha value is -3.87. The van der Waals surface area contributed by atoms with Crippen LogP contribution in [0.1, 0.15) is 16.8 Å². The predicted octanol–water partition coefficient (Wildman–Crippen LogP) is 3.15. The van der Waals surface area contributed by atoms with E-state index in [1.807, 2.05) is 36.4 Å². The minimum atomic E-state index is -0.580. The molecule has 0 aliphatic rings. The number of rotatable bonds is 8. The molecule has 3 aromatic carbocycles. The van der Waals surface area contributed by atoms with Crippen molar-refractivity contribution in [3.05, 3.63) is 72.3 Å². The van der Waals surface area contributed by atoms with Crippen LogP contribution in [-0.2, 0) is 14.3 Å². The van der Waals surface area contributed by atoms with Crippen LogP contribution in [0.3, 0.4) is 0 Å². The van der Waals surface area contributed by atoms with Gasteiger partial charge in [0.15, 0.2) is 6.61 Å². The fourth-order valence-corrected chi connectivity index (χ4v) is 2.94. The Balaban J connectivity index is 1.43. The molecule has 3 rings (SSSR count). The van der Waals surface area contributed by atoms with E-state index in [2.05, 4.69) is 10.6 Å². The van der Waals surface area contributed by atoms with E-state index in [9.17, 15) is 14.4 Å². The fraction of sp³-hybridized carbons (Fsp3) is 0.174. The van der Waals surface area contributed by atoms with Crippen molar-refractivity contribution >= 4 is 34.2 Å². The monoisotopic (exact) mass is 406 g/mol. The van der Waals surface area contributed by atoms with Crippen molar-refractivity contribution in [3.63, 3.8) is 0 Å². The Kier molecular flexibility index (Phi) is 7.00.